The van der Waals surface area contributed by atoms with Crippen molar-refractivity contribution in [1.29, 1.82) is 0 Å². The number of carbonyl (C=O) groups excluding carboxylic acids is 2. The van der Waals surface area contributed by atoms with Gasteiger partial charge in [-0.25, -0.2) is 0 Å². The number of thiophene rings is 1. The smallest absolute Gasteiger partial charge is 0.262 e. The summed E-state index contributed by atoms with van der Waals surface area (Å²) in [4.78, 5) is 34.8. The number of amides is 2. The average molecular weight is 487 g/mol. The molecule has 4 aromatic rings. The first kappa shape index (κ1) is 23.2. The lowest BCUT2D eigenvalue weighted by Crippen LogP contribution is -2.55. The lowest BCUT2D eigenvalue weighted by Gasteiger charge is -2.38. The van der Waals surface area contributed by atoms with Gasteiger partial charge in [0.05, 0.1) is 4.88 Å². The van der Waals surface area contributed by atoms with Crippen LogP contribution >= 0.6 is 11.3 Å². The molecule has 5 rings (SSSR count). The summed E-state index contributed by atoms with van der Waals surface area (Å²) < 4.78 is 0. The number of hydrogen-bond acceptors (Lipinski definition) is 4. The van der Waals surface area contributed by atoms with E-state index in [1.807, 2.05) is 46.8 Å². The topological polar surface area (TPSA) is 68.4 Å². The molecule has 6 nitrogen and oxygen atoms in total. The third-order valence-electron chi connectivity index (χ3n) is 6.96. The molecule has 1 aliphatic heterocycles. The van der Waals surface area contributed by atoms with Gasteiger partial charge in [0, 0.05) is 55.4 Å². The molecular formula is C28H30N4O2S. The molecule has 0 saturated carbocycles. The van der Waals surface area contributed by atoms with Crippen LogP contribution in [0, 0.1) is 13.8 Å². The molecule has 0 bridgehead atoms. The lowest BCUT2D eigenvalue weighted by atomic mass is 10.0. The molecule has 7 heteroatoms. The summed E-state index contributed by atoms with van der Waals surface area (Å²) in [5.41, 5.74) is 5.85. The number of rotatable bonds is 6. The third kappa shape index (κ3) is 4.82. The molecule has 2 amide bonds. The number of para-hydroxylation sites is 1. The molecule has 1 aliphatic rings. The summed E-state index contributed by atoms with van der Waals surface area (Å²) in [7, 11) is 0. The maximum absolute atomic E-state index is 13.7. The molecule has 35 heavy (non-hydrogen) atoms. The van der Waals surface area contributed by atoms with Crippen molar-refractivity contribution in [3.05, 3.63) is 87.7 Å². The number of hydrogen-bond donors (Lipinski definition) is 2. The lowest BCUT2D eigenvalue weighted by molar-refractivity contribution is -0.133. The third-order valence-corrected chi connectivity index (χ3v) is 7.82. The van der Waals surface area contributed by atoms with E-state index in [1.165, 1.54) is 28.2 Å². The van der Waals surface area contributed by atoms with Crippen molar-refractivity contribution in [1.82, 2.24) is 15.2 Å². The van der Waals surface area contributed by atoms with Gasteiger partial charge in [0.15, 0.2) is 0 Å². The van der Waals surface area contributed by atoms with Crippen LogP contribution in [-0.2, 0) is 11.2 Å². The fourth-order valence-corrected chi connectivity index (χ4v) is 5.45. The second kappa shape index (κ2) is 9.96. The Morgan fingerprint density at radius 1 is 1.00 bits per heavy atom. The Hall–Kier alpha value is -3.58. The number of nitrogens with zero attached hydrogens (tertiary/aromatic N) is 2. The predicted octanol–water partition coefficient (Wildman–Crippen LogP) is 4.54. The van der Waals surface area contributed by atoms with Gasteiger partial charge in [0.1, 0.15) is 6.04 Å². The largest absolute Gasteiger partial charge is 0.368 e. The van der Waals surface area contributed by atoms with Gasteiger partial charge in [0.2, 0.25) is 5.91 Å². The second-order valence-electron chi connectivity index (χ2n) is 9.10. The van der Waals surface area contributed by atoms with Crippen LogP contribution in [0.2, 0.25) is 0 Å². The van der Waals surface area contributed by atoms with Crippen LogP contribution in [-0.4, -0.2) is 53.9 Å². The number of nitrogens with one attached hydrogen (secondary N) is 2. The van der Waals surface area contributed by atoms with E-state index in [0.29, 0.717) is 24.4 Å². The number of aromatic nitrogens is 1. The first-order chi connectivity index (χ1) is 17.0. The molecular weight excluding hydrogens is 456 g/mol. The zero-order chi connectivity index (χ0) is 24.4. The van der Waals surface area contributed by atoms with Crippen LogP contribution in [0.15, 0.2) is 66.2 Å². The van der Waals surface area contributed by atoms with Crippen LogP contribution in [0.25, 0.3) is 10.9 Å². The summed E-state index contributed by atoms with van der Waals surface area (Å²) >= 11 is 1.38. The zero-order valence-electron chi connectivity index (χ0n) is 20.1. The Morgan fingerprint density at radius 3 is 2.57 bits per heavy atom. The number of benzene rings is 2. The highest BCUT2D eigenvalue weighted by molar-refractivity contribution is 7.12. The normalized spacial score (nSPS) is 14.8. The standard InChI is InChI=1S/C28H30N4O2S/c1-19-7-5-10-25(20(19)2)31-12-14-32(15-13-31)28(34)24(30-27(33)26-11-6-16-35-26)17-21-18-29-23-9-4-3-8-22(21)23/h3-11,16,18,24,29H,12-15,17H2,1-2H3,(H,30,33)/t24-/m0/s1. The van der Waals surface area contributed by atoms with Gasteiger partial charge in [-0.3, -0.25) is 9.59 Å². The highest BCUT2D eigenvalue weighted by Gasteiger charge is 2.30. The molecule has 2 aromatic carbocycles. The number of anilines is 1. The molecule has 2 N–H and O–H groups in total. The van der Waals surface area contributed by atoms with Crippen LogP contribution in [0.3, 0.4) is 0 Å². The summed E-state index contributed by atoms with van der Waals surface area (Å²) in [6, 6.07) is 17.4. The Kier molecular flexibility index (Phi) is 6.59. The molecule has 180 valence electrons. The summed E-state index contributed by atoms with van der Waals surface area (Å²) in [5.74, 6) is -0.229. The minimum absolute atomic E-state index is 0.0270. The molecule has 3 heterocycles. The molecule has 0 aliphatic carbocycles. The number of carbonyl (C=O) groups is 2. The van der Waals surface area contributed by atoms with Crippen molar-refractivity contribution in [2.45, 2.75) is 26.3 Å². The number of H-pyrrole nitrogens is 1. The van der Waals surface area contributed by atoms with Gasteiger partial charge in [-0.15, -0.1) is 11.3 Å². The van der Waals surface area contributed by atoms with Gasteiger partial charge in [-0.2, -0.15) is 0 Å². The number of aromatic amines is 1. The molecule has 1 fully saturated rings. The Bertz CT molecular complexity index is 1340. The molecule has 1 saturated heterocycles. The Morgan fingerprint density at radius 2 is 1.80 bits per heavy atom. The predicted molar refractivity (Wildman–Crippen MR) is 142 cm³/mol. The van der Waals surface area contributed by atoms with Crippen molar-refractivity contribution in [3.63, 3.8) is 0 Å². The fourth-order valence-electron chi connectivity index (χ4n) is 4.82. The van der Waals surface area contributed by atoms with Gasteiger partial charge in [0.25, 0.3) is 5.91 Å². The SMILES string of the molecule is Cc1cccc(N2CCN(C(=O)[C@H](Cc3c[nH]c4ccccc34)NC(=O)c3cccs3)CC2)c1C. The minimum Gasteiger partial charge on any atom is -0.368 e. The molecule has 0 unspecified atom stereocenters. The van der Waals surface area contributed by atoms with E-state index in [9.17, 15) is 9.59 Å². The van der Waals surface area contributed by atoms with Crippen molar-refractivity contribution in [2.75, 3.05) is 31.1 Å². The van der Waals surface area contributed by atoms with E-state index < -0.39 is 6.04 Å². The van der Waals surface area contributed by atoms with Gasteiger partial charge in [-0.05, 0) is 54.1 Å². The van der Waals surface area contributed by atoms with E-state index in [2.05, 4.69) is 47.2 Å². The molecule has 0 spiro atoms. The van der Waals surface area contributed by atoms with Gasteiger partial charge < -0.3 is 20.1 Å². The quantitative estimate of drug-likeness (QED) is 0.421. The van der Waals surface area contributed by atoms with Crippen molar-refractivity contribution in [2.24, 2.45) is 0 Å². The molecule has 2 aromatic heterocycles. The van der Waals surface area contributed by atoms with Crippen LogP contribution in [0.4, 0.5) is 5.69 Å². The van der Waals surface area contributed by atoms with Crippen LogP contribution in [0.5, 0.6) is 0 Å². The van der Waals surface area contributed by atoms with Gasteiger partial charge >= 0.3 is 0 Å². The average Bonchev–Trinajstić information content (AvgIpc) is 3.56. The fraction of sp³-hybridized carbons (Fsp3) is 0.286. The summed E-state index contributed by atoms with van der Waals surface area (Å²) in [6.45, 7) is 7.09. The zero-order valence-corrected chi connectivity index (χ0v) is 20.9. The summed E-state index contributed by atoms with van der Waals surface area (Å²) in [5, 5.41) is 5.98. The van der Waals surface area contributed by atoms with Crippen molar-refractivity contribution in [3.8, 4) is 0 Å². The highest BCUT2D eigenvalue weighted by Crippen LogP contribution is 2.25. The highest BCUT2D eigenvalue weighted by atomic mass is 32.1. The maximum atomic E-state index is 13.7. The van der Waals surface area contributed by atoms with E-state index in [-0.39, 0.29) is 11.8 Å². The number of fused-ring (bicyclic) bond motifs is 1. The Labute approximate surface area is 209 Å². The molecule has 0 radical (unpaired) electrons. The monoisotopic (exact) mass is 486 g/mol. The van der Waals surface area contributed by atoms with E-state index in [0.717, 1.165) is 29.6 Å². The van der Waals surface area contributed by atoms with E-state index in [1.54, 1.807) is 6.07 Å². The van der Waals surface area contributed by atoms with E-state index >= 15 is 0 Å². The van der Waals surface area contributed by atoms with Gasteiger partial charge in [-0.1, -0.05) is 36.4 Å². The van der Waals surface area contributed by atoms with Crippen molar-refractivity contribution < 1.29 is 9.59 Å². The minimum atomic E-state index is -0.629. The Balaban J connectivity index is 1.33. The van der Waals surface area contributed by atoms with Crippen LogP contribution < -0.4 is 10.2 Å². The number of piperazine rings is 1. The first-order valence-corrected chi connectivity index (χ1v) is 12.9. The number of aryl methyl sites for hydroxylation is 1. The first-order valence-electron chi connectivity index (χ1n) is 12.0. The van der Waals surface area contributed by atoms with Crippen molar-refractivity contribution >= 4 is 39.7 Å². The van der Waals surface area contributed by atoms with Crippen LogP contribution in [0.1, 0.15) is 26.4 Å². The second-order valence-corrected chi connectivity index (χ2v) is 10.0. The molecule has 1 atom stereocenters. The maximum Gasteiger partial charge on any atom is 0.262 e. The summed E-state index contributed by atoms with van der Waals surface area (Å²) in [6.07, 6.45) is 2.39. The van der Waals surface area contributed by atoms with E-state index in [4.69, 9.17) is 0 Å².